The number of nitriles is 1. The first-order valence-electron chi connectivity index (χ1n) is 5.55. The molecule has 1 fully saturated rings. The predicted octanol–water partition coefficient (Wildman–Crippen LogP) is 2.26. The lowest BCUT2D eigenvalue weighted by Gasteiger charge is -2.44. The van der Waals surface area contributed by atoms with E-state index in [1.54, 1.807) is 0 Å². The van der Waals surface area contributed by atoms with E-state index in [1.807, 2.05) is 5.06 Å². The van der Waals surface area contributed by atoms with Crippen molar-refractivity contribution in [2.24, 2.45) is 5.92 Å². The summed E-state index contributed by atoms with van der Waals surface area (Å²) in [6.45, 7) is 6.24. The number of nitrogens with zero attached hydrogens (tertiary/aromatic N) is 2. The molecule has 15 heavy (non-hydrogen) atoms. The summed E-state index contributed by atoms with van der Waals surface area (Å²) in [6, 6.07) is 2.24. The van der Waals surface area contributed by atoms with E-state index in [1.165, 1.54) is 0 Å². The highest BCUT2D eigenvalue weighted by molar-refractivity contribution is 5.08. The maximum absolute atomic E-state index is 9.15. The van der Waals surface area contributed by atoms with Crippen LogP contribution in [0.2, 0.25) is 0 Å². The summed E-state index contributed by atoms with van der Waals surface area (Å²) in [4.78, 5) is 5.90. The summed E-state index contributed by atoms with van der Waals surface area (Å²) in [5, 5.41) is 11.0. The molecule has 0 aromatic carbocycles. The molecule has 1 aliphatic heterocycles. The van der Waals surface area contributed by atoms with E-state index in [2.05, 4.69) is 39.0 Å². The van der Waals surface area contributed by atoms with E-state index in [0.29, 0.717) is 5.92 Å². The van der Waals surface area contributed by atoms with Crippen LogP contribution in [0.15, 0.2) is 12.2 Å². The van der Waals surface area contributed by atoms with Gasteiger partial charge in [-0.3, -0.25) is 4.84 Å². The van der Waals surface area contributed by atoms with Gasteiger partial charge < -0.3 is 0 Å². The van der Waals surface area contributed by atoms with Crippen molar-refractivity contribution in [1.29, 1.82) is 5.26 Å². The van der Waals surface area contributed by atoms with Gasteiger partial charge in [0, 0.05) is 5.54 Å². The Balaban J connectivity index is 2.16. The average molecular weight is 206 g/mol. The molecule has 3 heteroatoms. The van der Waals surface area contributed by atoms with E-state index < -0.39 is 0 Å². The fourth-order valence-electron chi connectivity index (χ4n) is 2.35. The van der Waals surface area contributed by atoms with Gasteiger partial charge in [0.05, 0.1) is 6.07 Å². The number of rotatable bonds is 0. The number of allylic oxidation sites excluding steroid dienone is 1. The molecule has 0 radical (unpaired) electrons. The van der Waals surface area contributed by atoms with Gasteiger partial charge in [-0.05, 0) is 39.5 Å². The second-order valence-corrected chi connectivity index (χ2v) is 5.37. The molecule has 2 rings (SSSR count). The summed E-state index contributed by atoms with van der Waals surface area (Å²) >= 11 is 0. The first-order chi connectivity index (χ1) is 7.02. The second-order valence-electron chi connectivity index (χ2n) is 5.37. The molecule has 0 N–H and O–H groups in total. The van der Waals surface area contributed by atoms with Gasteiger partial charge in [-0.2, -0.15) is 10.3 Å². The molecule has 0 aromatic rings. The van der Waals surface area contributed by atoms with E-state index in [4.69, 9.17) is 10.1 Å². The molecular weight excluding hydrogens is 188 g/mol. The highest BCUT2D eigenvalue weighted by atomic mass is 16.7. The molecule has 82 valence electrons. The topological polar surface area (TPSA) is 36.3 Å². The van der Waals surface area contributed by atoms with E-state index in [-0.39, 0.29) is 17.7 Å². The summed E-state index contributed by atoms with van der Waals surface area (Å²) in [6.07, 6.45) is 6.45. The van der Waals surface area contributed by atoms with Crippen molar-refractivity contribution in [3.63, 3.8) is 0 Å². The smallest absolute Gasteiger partial charge is 0.123 e. The van der Waals surface area contributed by atoms with Crippen LogP contribution in [0.3, 0.4) is 0 Å². The molecule has 1 aliphatic carbocycles. The maximum atomic E-state index is 9.15. The standard InChI is InChI=1S/C12H18N2O/c1-12(2,3)14-10(8-13)7-9-5-4-6-11(9)15-14/h4,6,9-11H,5,7H2,1-3H3. The SMILES string of the molecule is CC(C)(C)N1OC2C=CCC2CC1C#N. The molecule has 0 amide bonds. The van der Waals surface area contributed by atoms with E-state index >= 15 is 0 Å². The van der Waals surface area contributed by atoms with Crippen molar-refractivity contribution < 1.29 is 4.84 Å². The molecule has 3 nitrogen and oxygen atoms in total. The number of hydrogen-bond acceptors (Lipinski definition) is 3. The van der Waals surface area contributed by atoms with Gasteiger partial charge >= 0.3 is 0 Å². The summed E-state index contributed by atoms with van der Waals surface area (Å²) < 4.78 is 0. The molecule has 1 heterocycles. The lowest BCUT2D eigenvalue weighted by molar-refractivity contribution is -0.278. The molecule has 0 saturated carbocycles. The third-order valence-electron chi connectivity index (χ3n) is 3.08. The molecule has 1 saturated heterocycles. The first-order valence-corrected chi connectivity index (χ1v) is 5.55. The Morgan fingerprint density at radius 1 is 1.47 bits per heavy atom. The molecule has 3 unspecified atom stereocenters. The first kappa shape index (κ1) is 10.7. The van der Waals surface area contributed by atoms with Crippen molar-refractivity contribution in [2.75, 3.05) is 0 Å². The number of hydrogen-bond donors (Lipinski definition) is 0. The summed E-state index contributed by atoms with van der Waals surface area (Å²) in [7, 11) is 0. The largest absolute Gasteiger partial charge is 0.289 e. The van der Waals surface area contributed by atoms with Crippen LogP contribution in [0.4, 0.5) is 0 Å². The molecule has 0 spiro atoms. The van der Waals surface area contributed by atoms with Gasteiger partial charge in [-0.1, -0.05) is 12.2 Å². The van der Waals surface area contributed by atoms with Crippen molar-refractivity contribution in [2.45, 2.75) is 51.3 Å². The lowest BCUT2D eigenvalue weighted by Crippen LogP contribution is -2.54. The van der Waals surface area contributed by atoms with Crippen LogP contribution >= 0.6 is 0 Å². The maximum Gasteiger partial charge on any atom is 0.123 e. The predicted molar refractivity (Wildman–Crippen MR) is 57.7 cm³/mol. The normalized spacial score (nSPS) is 36.3. The molecule has 0 bridgehead atoms. The van der Waals surface area contributed by atoms with Gasteiger partial charge in [-0.15, -0.1) is 0 Å². The van der Waals surface area contributed by atoms with Crippen LogP contribution in [0.1, 0.15) is 33.6 Å². The quantitative estimate of drug-likeness (QED) is 0.570. The molecule has 3 atom stereocenters. The van der Waals surface area contributed by atoms with Crippen LogP contribution in [-0.2, 0) is 4.84 Å². The zero-order chi connectivity index (χ0) is 11.1. The third kappa shape index (κ3) is 1.92. The van der Waals surface area contributed by atoms with Gasteiger partial charge in [0.2, 0.25) is 0 Å². The Labute approximate surface area is 91.3 Å². The Morgan fingerprint density at radius 2 is 2.20 bits per heavy atom. The Bertz CT molecular complexity index is 311. The Morgan fingerprint density at radius 3 is 2.80 bits per heavy atom. The zero-order valence-electron chi connectivity index (χ0n) is 9.60. The average Bonchev–Trinajstić information content (AvgIpc) is 2.60. The number of fused-ring (bicyclic) bond motifs is 1. The van der Waals surface area contributed by atoms with Crippen LogP contribution in [0, 0.1) is 17.2 Å². The van der Waals surface area contributed by atoms with E-state index in [0.717, 1.165) is 12.8 Å². The van der Waals surface area contributed by atoms with Gasteiger partial charge in [-0.25, -0.2) is 0 Å². The van der Waals surface area contributed by atoms with Crippen LogP contribution < -0.4 is 0 Å². The highest BCUT2D eigenvalue weighted by Crippen LogP contribution is 2.36. The van der Waals surface area contributed by atoms with Crippen LogP contribution in [-0.4, -0.2) is 22.7 Å². The van der Waals surface area contributed by atoms with Crippen molar-refractivity contribution in [1.82, 2.24) is 5.06 Å². The van der Waals surface area contributed by atoms with Crippen LogP contribution in [0.5, 0.6) is 0 Å². The minimum atomic E-state index is -0.109. The fraction of sp³-hybridized carbons (Fsp3) is 0.750. The van der Waals surface area contributed by atoms with Crippen LogP contribution in [0.25, 0.3) is 0 Å². The molecular formula is C12H18N2O. The third-order valence-corrected chi connectivity index (χ3v) is 3.08. The minimum Gasteiger partial charge on any atom is -0.289 e. The molecule has 2 aliphatic rings. The van der Waals surface area contributed by atoms with Gasteiger partial charge in [0.25, 0.3) is 0 Å². The van der Waals surface area contributed by atoms with Crippen molar-refractivity contribution in [3.8, 4) is 6.07 Å². The number of hydroxylamine groups is 2. The lowest BCUT2D eigenvalue weighted by atomic mass is 9.92. The highest BCUT2D eigenvalue weighted by Gasteiger charge is 2.41. The van der Waals surface area contributed by atoms with Gasteiger partial charge in [0.1, 0.15) is 12.1 Å². The van der Waals surface area contributed by atoms with Crippen molar-refractivity contribution in [3.05, 3.63) is 12.2 Å². The van der Waals surface area contributed by atoms with E-state index in [9.17, 15) is 0 Å². The monoisotopic (exact) mass is 206 g/mol. The zero-order valence-corrected chi connectivity index (χ0v) is 9.60. The van der Waals surface area contributed by atoms with Crippen molar-refractivity contribution >= 4 is 0 Å². The molecule has 0 aromatic heterocycles. The summed E-state index contributed by atoms with van der Waals surface area (Å²) in [5.74, 6) is 0.508. The Hall–Kier alpha value is -0.850. The second kappa shape index (κ2) is 3.62. The van der Waals surface area contributed by atoms with Gasteiger partial charge in [0.15, 0.2) is 0 Å². The minimum absolute atomic E-state index is 0.105. The summed E-state index contributed by atoms with van der Waals surface area (Å²) in [5.41, 5.74) is -0.109. The Kier molecular flexibility index (Phi) is 2.57. The fourth-order valence-corrected chi connectivity index (χ4v) is 2.35.